The molecule has 0 spiro atoms. The number of carboxylic acid groups (broad SMARTS) is 2. The molecule has 10 nitrogen and oxygen atoms in total. The summed E-state index contributed by atoms with van der Waals surface area (Å²) in [4.78, 5) is 42.9. The van der Waals surface area contributed by atoms with E-state index in [0.717, 1.165) is 16.7 Å². The second-order valence-corrected chi connectivity index (χ2v) is 9.74. The van der Waals surface area contributed by atoms with E-state index in [2.05, 4.69) is 21.2 Å². The van der Waals surface area contributed by atoms with E-state index in [4.69, 9.17) is 20.3 Å². The molecule has 3 rings (SSSR count). The molecular formula is C30H35BrN2O8. The van der Waals surface area contributed by atoms with Gasteiger partial charge in [-0.15, -0.1) is 0 Å². The van der Waals surface area contributed by atoms with Crippen LogP contribution in [0.25, 0.3) is 0 Å². The lowest BCUT2D eigenvalue weighted by Crippen LogP contribution is -2.42. The van der Waals surface area contributed by atoms with E-state index in [-0.39, 0.29) is 17.7 Å². The highest BCUT2D eigenvalue weighted by molar-refractivity contribution is 9.18. The monoisotopic (exact) mass is 630 g/mol. The first-order valence-electron chi connectivity index (χ1n) is 12.5. The highest BCUT2D eigenvalue weighted by atomic mass is 79.9. The molecular weight excluding hydrogens is 596 g/mol. The number of alkyl carbamates (subject to hydrolysis) is 1. The zero-order valence-corrected chi connectivity index (χ0v) is 24.4. The van der Waals surface area contributed by atoms with Crippen molar-refractivity contribution >= 4 is 38.7 Å². The summed E-state index contributed by atoms with van der Waals surface area (Å²) in [6.45, 7) is 3.58. The van der Waals surface area contributed by atoms with Gasteiger partial charge in [0.1, 0.15) is 18.7 Å². The molecule has 3 aromatic rings. The number of hydrogen-bond donors (Lipinski definition) is 4. The molecule has 5 N–H and O–H groups in total. The molecule has 0 heterocycles. The van der Waals surface area contributed by atoms with E-state index in [1.165, 1.54) is 6.92 Å². The number of nitrogens with two attached hydrogens (primary N) is 1. The molecule has 220 valence electrons. The lowest BCUT2D eigenvalue weighted by Gasteiger charge is -2.16. The average Bonchev–Trinajstić information content (AvgIpc) is 2.95. The lowest BCUT2D eigenvalue weighted by molar-refractivity contribution is -0.142. The van der Waals surface area contributed by atoms with Gasteiger partial charge in [-0.1, -0.05) is 91.0 Å². The zero-order valence-electron chi connectivity index (χ0n) is 22.8. The third-order valence-electron chi connectivity index (χ3n) is 5.23. The van der Waals surface area contributed by atoms with Crippen molar-refractivity contribution in [3.8, 4) is 0 Å². The van der Waals surface area contributed by atoms with Crippen molar-refractivity contribution in [3.63, 3.8) is 0 Å². The summed E-state index contributed by atoms with van der Waals surface area (Å²) in [6.07, 6.45) is -1.04. The standard InChI is InChI=1S/C17H17NO4.C11H15NO3.C2H3BrO/c19-16(20)15(11-13-7-3-1-4-8-13)18-17(21)22-12-14-9-5-2-6-10-14;1-8(10(12)11(13)14)15-7-9-5-3-2-4-6-9;1-2(3)4/h1-10,15H,11-12H2,(H,18,21)(H,19,20);2-6,8,10H,7,12H2,1H3,(H,13,14);1H3/t15-;8-,10+;/m01./s1. The summed E-state index contributed by atoms with van der Waals surface area (Å²) >= 11 is 2.63. The first-order chi connectivity index (χ1) is 19.5. The van der Waals surface area contributed by atoms with Crippen molar-refractivity contribution in [2.24, 2.45) is 5.73 Å². The fourth-order valence-corrected chi connectivity index (χ4v) is 3.06. The van der Waals surface area contributed by atoms with Crippen LogP contribution in [0, 0.1) is 0 Å². The van der Waals surface area contributed by atoms with Gasteiger partial charge >= 0.3 is 18.0 Å². The van der Waals surface area contributed by atoms with Crippen LogP contribution in [0.4, 0.5) is 4.79 Å². The van der Waals surface area contributed by atoms with Crippen LogP contribution < -0.4 is 11.1 Å². The second kappa shape index (κ2) is 19.9. The maximum absolute atomic E-state index is 11.7. The van der Waals surface area contributed by atoms with E-state index in [0.29, 0.717) is 6.61 Å². The molecule has 0 aliphatic carbocycles. The molecule has 0 saturated heterocycles. The van der Waals surface area contributed by atoms with E-state index in [9.17, 15) is 24.3 Å². The number of carboxylic acids is 2. The van der Waals surface area contributed by atoms with E-state index in [1.807, 2.05) is 91.0 Å². The molecule has 0 aliphatic heterocycles. The maximum atomic E-state index is 11.7. The largest absolute Gasteiger partial charge is 0.480 e. The van der Waals surface area contributed by atoms with Crippen LogP contribution in [0.5, 0.6) is 0 Å². The van der Waals surface area contributed by atoms with E-state index in [1.54, 1.807) is 6.92 Å². The van der Waals surface area contributed by atoms with Crippen LogP contribution in [-0.2, 0) is 43.5 Å². The number of carbonyl (C=O) groups excluding carboxylic acids is 2. The molecule has 0 fully saturated rings. The number of amides is 1. The van der Waals surface area contributed by atoms with Gasteiger partial charge in [0, 0.05) is 13.3 Å². The first-order valence-corrected chi connectivity index (χ1v) is 13.3. The molecule has 41 heavy (non-hydrogen) atoms. The zero-order chi connectivity index (χ0) is 30.6. The van der Waals surface area contributed by atoms with E-state index < -0.39 is 36.2 Å². The Morgan fingerprint density at radius 2 is 1.20 bits per heavy atom. The van der Waals surface area contributed by atoms with Crippen molar-refractivity contribution in [1.82, 2.24) is 5.32 Å². The first kappa shape index (κ1) is 35.0. The predicted octanol–water partition coefficient (Wildman–Crippen LogP) is 4.54. The normalized spacial score (nSPS) is 12.1. The van der Waals surface area contributed by atoms with Gasteiger partial charge in [0.2, 0.25) is 0 Å². The summed E-state index contributed by atoms with van der Waals surface area (Å²) < 4.78 is 10.4. The summed E-state index contributed by atoms with van der Waals surface area (Å²) in [6, 6.07) is 25.9. The lowest BCUT2D eigenvalue weighted by atomic mass is 10.1. The molecule has 0 unspecified atom stereocenters. The second-order valence-electron chi connectivity index (χ2n) is 8.62. The Kier molecular flexibility index (Phi) is 17.0. The summed E-state index contributed by atoms with van der Waals surface area (Å²) in [7, 11) is 0. The fraction of sp³-hybridized carbons (Fsp3) is 0.267. The number of halogens is 1. The van der Waals surface area contributed by atoms with Crippen LogP contribution >= 0.6 is 15.9 Å². The topological polar surface area (TPSA) is 165 Å². The van der Waals surface area contributed by atoms with Crippen molar-refractivity contribution in [3.05, 3.63) is 108 Å². The Bertz CT molecular complexity index is 1190. The van der Waals surface area contributed by atoms with Crippen molar-refractivity contribution in [2.45, 2.75) is 51.7 Å². The molecule has 0 aliphatic rings. The Morgan fingerprint density at radius 1 is 0.780 bits per heavy atom. The van der Waals surface area contributed by atoms with Crippen LogP contribution in [0.1, 0.15) is 30.5 Å². The summed E-state index contributed by atoms with van der Waals surface area (Å²) in [5, 5.41) is 20.2. The van der Waals surface area contributed by atoms with Gasteiger partial charge < -0.3 is 30.7 Å². The number of ether oxygens (including phenoxy) is 2. The molecule has 0 bridgehead atoms. The Morgan fingerprint density at radius 3 is 1.61 bits per heavy atom. The molecule has 0 radical (unpaired) electrons. The molecule has 0 aromatic heterocycles. The maximum Gasteiger partial charge on any atom is 0.408 e. The van der Waals surface area contributed by atoms with Crippen molar-refractivity contribution < 1.29 is 38.9 Å². The molecule has 3 atom stereocenters. The fourth-order valence-electron chi connectivity index (χ4n) is 3.06. The Balaban J connectivity index is 0.000000383. The molecule has 11 heteroatoms. The Hall–Kier alpha value is -4.06. The number of aliphatic carboxylic acids is 2. The highest BCUT2D eigenvalue weighted by Crippen LogP contribution is 2.06. The third kappa shape index (κ3) is 16.6. The summed E-state index contributed by atoms with van der Waals surface area (Å²) in [5.41, 5.74) is 8.07. The number of hydrogen-bond acceptors (Lipinski definition) is 7. The average molecular weight is 632 g/mol. The van der Waals surface area contributed by atoms with Crippen molar-refractivity contribution in [1.29, 1.82) is 0 Å². The highest BCUT2D eigenvalue weighted by Gasteiger charge is 2.21. The number of carbonyl (C=O) groups is 4. The van der Waals surface area contributed by atoms with Gasteiger partial charge in [-0.25, -0.2) is 9.59 Å². The van der Waals surface area contributed by atoms with Crippen LogP contribution in [0.2, 0.25) is 0 Å². The van der Waals surface area contributed by atoms with Crippen molar-refractivity contribution in [2.75, 3.05) is 0 Å². The van der Waals surface area contributed by atoms with Gasteiger partial charge in [0.05, 0.1) is 12.7 Å². The van der Waals surface area contributed by atoms with Crippen LogP contribution in [0.15, 0.2) is 91.0 Å². The predicted molar refractivity (Wildman–Crippen MR) is 157 cm³/mol. The SMILES string of the molecule is CC(=O)Br.C[C@@H](OCc1ccccc1)[C@H](N)C(=O)O.O=C(N[C@@H](Cc1ccccc1)C(=O)O)OCc1ccccc1. The Labute approximate surface area is 247 Å². The van der Waals surface area contributed by atoms with Crippen LogP contribution in [0.3, 0.4) is 0 Å². The van der Waals surface area contributed by atoms with E-state index >= 15 is 0 Å². The number of rotatable bonds is 11. The third-order valence-corrected chi connectivity index (χ3v) is 5.23. The number of benzene rings is 3. The van der Waals surface area contributed by atoms with Gasteiger partial charge in [-0.3, -0.25) is 9.59 Å². The molecule has 1 amide bonds. The van der Waals surface area contributed by atoms with Gasteiger partial charge in [0.25, 0.3) is 0 Å². The summed E-state index contributed by atoms with van der Waals surface area (Å²) in [5.74, 6) is -2.14. The van der Waals surface area contributed by atoms with Gasteiger partial charge in [-0.05, 0) is 39.5 Å². The van der Waals surface area contributed by atoms with Gasteiger partial charge in [-0.2, -0.15) is 0 Å². The number of nitrogens with one attached hydrogen (secondary N) is 1. The minimum Gasteiger partial charge on any atom is -0.480 e. The molecule has 3 aromatic carbocycles. The minimum atomic E-state index is -1.10. The smallest absolute Gasteiger partial charge is 0.408 e. The minimum absolute atomic E-state index is 0.0208. The quantitative estimate of drug-likeness (QED) is 0.222. The molecule has 0 saturated carbocycles. The van der Waals surface area contributed by atoms with Gasteiger partial charge in [0.15, 0.2) is 4.69 Å². The van der Waals surface area contributed by atoms with Crippen LogP contribution in [-0.4, -0.2) is 51.1 Å².